The first-order valence-corrected chi connectivity index (χ1v) is 8.26. The molecule has 1 atom stereocenters. The van der Waals surface area contributed by atoms with E-state index in [1.54, 1.807) is 0 Å². The van der Waals surface area contributed by atoms with Gasteiger partial charge in [0.15, 0.2) is 0 Å². The molecule has 0 saturated heterocycles. The first-order valence-electron chi connectivity index (χ1n) is 8.26. The summed E-state index contributed by atoms with van der Waals surface area (Å²) < 4.78 is 38.1. The highest BCUT2D eigenvalue weighted by molar-refractivity contribution is 5.89. The van der Waals surface area contributed by atoms with Crippen LogP contribution < -0.4 is 10.6 Å². The lowest BCUT2D eigenvalue weighted by Crippen LogP contribution is -2.47. The average Bonchev–Trinajstić information content (AvgIpc) is 2.59. The molecule has 0 aromatic heterocycles. The Morgan fingerprint density at radius 1 is 1.12 bits per heavy atom. The minimum absolute atomic E-state index is 0.0200. The van der Waals surface area contributed by atoms with E-state index in [1.807, 2.05) is 24.3 Å². The highest BCUT2D eigenvalue weighted by Crippen LogP contribution is 2.31. The van der Waals surface area contributed by atoms with Crippen molar-refractivity contribution in [2.75, 3.05) is 11.9 Å². The number of benzene rings is 2. The van der Waals surface area contributed by atoms with Crippen molar-refractivity contribution in [3.05, 3.63) is 65.2 Å². The van der Waals surface area contributed by atoms with Crippen LogP contribution in [-0.2, 0) is 19.0 Å². The third kappa shape index (κ3) is 4.35. The van der Waals surface area contributed by atoms with Crippen LogP contribution in [0, 0.1) is 0 Å². The zero-order valence-electron chi connectivity index (χ0n) is 13.9. The number of fused-ring (bicyclic) bond motifs is 1. The van der Waals surface area contributed by atoms with Crippen LogP contribution in [0.5, 0.6) is 0 Å². The number of aliphatic hydroxyl groups is 1. The van der Waals surface area contributed by atoms with Gasteiger partial charge in [-0.15, -0.1) is 0 Å². The van der Waals surface area contributed by atoms with Crippen molar-refractivity contribution in [1.29, 1.82) is 0 Å². The predicted molar refractivity (Wildman–Crippen MR) is 91.9 cm³/mol. The molecule has 3 N–H and O–H groups in total. The van der Waals surface area contributed by atoms with E-state index >= 15 is 0 Å². The van der Waals surface area contributed by atoms with Crippen LogP contribution in [0.2, 0.25) is 0 Å². The van der Waals surface area contributed by atoms with Gasteiger partial charge in [0.25, 0.3) is 0 Å². The monoisotopic (exact) mass is 364 g/mol. The molecule has 0 heterocycles. The number of alkyl halides is 3. The highest BCUT2D eigenvalue weighted by Gasteiger charge is 2.33. The van der Waals surface area contributed by atoms with Crippen LogP contribution in [0.25, 0.3) is 0 Å². The van der Waals surface area contributed by atoms with Gasteiger partial charge in [-0.1, -0.05) is 30.3 Å². The Labute approximate surface area is 149 Å². The molecule has 1 aliphatic carbocycles. The Bertz CT molecular complexity index is 807. The van der Waals surface area contributed by atoms with Crippen LogP contribution in [0.3, 0.4) is 0 Å². The minimum atomic E-state index is -4.47. The molecule has 0 saturated carbocycles. The Kier molecular flexibility index (Phi) is 4.91. The second-order valence-electron chi connectivity index (χ2n) is 6.56. The summed E-state index contributed by atoms with van der Waals surface area (Å²) in [5.74, 6) is 0. The van der Waals surface area contributed by atoms with Gasteiger partial charge in [-0.2, -0.15) is 13.2 Å². The van der Waals surface area contributed by atoms with E-state index in [9.17, 15) is 23.1 Å². The number of nitrogens with one attached hydrogen (secondary N) is 2. The van der Waals surface area contributed by atoms with E-state index in [-0.39, 0.29) is 12.2 Å². The van der Waals surface area contributed by atoms with Crippen molar-refractivity contribution < 1.29 is 23.1 Å². The van der Waals surface area contributed by atoms with Crippen molar-refractivity contribution in [2.45, 2.75) is 31.0 Å². The summed E-state index contributed by atoms with van der Waals surface area (Å²) in [7, 11) is 0. The molecule has 0 radical (unpaired) electrons. The lowest BCUT2D eigenvalue weighted by molar-refractivity contribution is -0.137. The van der Waals surface area contributed by atoms with Gasteiger partial charge in [-0.3, -0.25) is 0 Å². The van der Waals surface area contributed by atoms with Gasteiger partial charge in [0.1, 0.15) is 0 Å². The molecule has 2 aromatic rings. The maximum Gasteiger partial charge on any atom is 0.416 e. The zero-order valence-corrected chi connectivity index (χ0v) is 13.9. The Balaban J connectivity index is 1.58. The molecule has 26 heavy (non-hydrogen) atoms. The number of rotatable bonds is 3. The van der Waals surface area contributed by atoms with E-state index in [0.717, 1.165) is 17.7 Å². The number of hydrogen-bond donors (Lipinski definition) is 3. The number of carbonyl (C=O) groups is 1. The number of anilines is 1. The number of hydrogen-bond acceptors (Lipinski definition) is 2. The molecule has 1 unspecified atom stereocenters. The molecular formula is C19H19F3N2O2. The number of halogens is 3. The summed E-state index contributed by atoms with van der Waals surface area (Å²) in [6.45, 7) is 0.0200. The number of carbonyl (C=O) groups excluding carboxylic acids is 1. The van der Waals surface area contributed by atoms with Crippen molar-refractivity contribution in [3.8, 4) is 0 Å². The van der Waals surface area contributed by atoms with Gasteiger partial charge in [0.05, 0.1) is 11.2 Å². The molecule has 1 aliphatic rings. The maximum absolute atomic E-state index is 12.7. The molecule has 0 bridgehead atoms. The fourth-order valence-corrected chi connectivity index (χ4v) is 3.13. The summed E-state index contributed by atoms with van der Waals surface area (Å²) in [5, 5.41) is 15.6. The van der Waals surface area contributed by atoms with Gasteiger partial charge in [0.2, 0.25) is 0 Å². The molecule has 3 rings (SSSR count). The van der Waals surface area contributed by atoms with E-state index in [4.69, 9.17) is 0 Å². The van der Waals surface area contributed by atoms with Crippen LogP contribution in [0.4, 0.5) is 23.7 Å². The van der Waals surface area contributed by atoms with Crippen LogP contribution in [0.15, 0.2) is 48.5 Å². The Morgan fingerprint density at radius 3 is 2.58 bits per heavy atom. The molecule has 0 spiro atoms. The lowest BCUT2D eigenvalue weighted by Gasteiger charge is -2.33. The van der Waals surface area contributed by atoms with Gasteiger partial charge in [-0.05, 0) is 42.2 Å². The highest BCUT2D eigenvalue weighted by atomic mass is 19.4. The zero-order chi connectivity index (χ0) is 18.8. The molecule has 2 aromatic carbocycles. The smallest absolute Gasteiger partial charge is 0.388 e. The van der Waals surface area contributed by atoms with Gasteiger partial charge >= 0.3 is 12.2 Å². The van der Waals surface area contributed by atoms with Crippen molar-refractivity contribution >= 4 is 11.7 Å². The normalized spacial score (nSPS) is 19.5. The molecule has 2 amide bonds. The SMILES string of the molecule is O=C(NCC1(O)CCc2ccccc2C1)Nc1cccc(C(F)(F)F)c1. The third-order valence-electron chi connectivity index (χ3n) is 4.52. The standard InChI is InChI=1S/C19H19F3N2O2/c20-19(21,22)15-6-3-7-16(10-15)24-17(25)23-12-18(26)9-8-13-4-1-2-5-14(13)11-18/h1-7,10,26H,8-9,11-12H2,(H2,23,24,25). The number of urea groups is 1. The summed E-state index contributed by atoms with van der Waals surface area (Å²) in [6.07, 6.45) is -2.83. The Morgan fingerprint density at radius 2 is 1.85 bits per heavy atom. The molecule has 138 valence electrons. The fourth-order valence-electron chi connectivity index (χ4n) is 3.13. The Hall–Kier alpha value is -2.54. The first-order chi connectivity index (χ1) is 12.3. The number of amides is 2. The fraction of sp³-hybridized carbons (Fsp3) is 0.316. The van der Waals surface area contributed by atoms with Crippen molar-refractivity contribution in [1.82, 2.24) is 5.32 Å². The first kappa shape index (κ1) is 18.3. The molecule has 7 heteroatoms. The molecular weight excluding hydrogens is 345 g/mol. The predicted octanol–water partition coefficient (Wildman–Crippen LogP) is 3.75. The van der Waals surface area contributed by atoms with E-state index in [1.165, 1.54) is 17.7 Å². The maximum atomic E-state index is 12.7. The lowest BCUT2D eigenvalue weighted by atomic mass is 9.80. The topological polar surface area (TPSA) is 61.4 Å². The minimum Gasteiger partial charge on any atom is -0.388 e. The van der Waals surface area contributed by atoms with Crippen LogP contribution in [0.1, 0.15) is 23.1 Å². The van der Waals surface area contributed by atoms with E-state index in [2.05, 4.69) is 10.6 Å². The van der Waals surface area contributed by atoms with Gasteiger partial charge in [0, 0.05) is 18.7 Å². The van der Waals surface area contributed by atoms with E-state index in [0.29, 0.717) is 19.3 Å². The second kappa shape index (κ2) is 6.99. The second-order valence-corrected chi connectivity index (χ2v) is 6.56. The van der Waals surface area contributed by atoms with E-state index < -0.39 is 23.4 Å². The summed E-state index contributed by atoms with van der Waals surface area (Å²) in [6, 6.07) is 11.6. The summed E-state index contributed by atoms with van der Waals surface area (Å²) >= 11 is 0. The van der Waals surface area contributed by atoms with Crippen molar-refractivity contribution in [2.24, 2.45) is 0 Å². The van der Waals surface area contributed by atoms with Crippen LogP contribution >= 0.6 is 0 Å². The average molecular weight is 364 g/mol. The quantitative estimate of drug-likeness (QED) is 0.777. The third-order valence-corrected chi connectivity index (χ3v) is 4.52. The van der Waals surface area contributed by atoms with Gasteiger partial charge < -0.3 is 15.7 Å². The van der Waals surface area contributed by atoms with Gasteiger partial charge in [-0.25, -0.2) is 4.79 Å². The number of aryl methyl sites for hydroxylation is 1. The van der Waals surface area contributed by atoms with Crippen molar-refractivity contribution in [3.63, 3.8) is 0 Å². The summed E-state index contributed by atoms with van der Waals surface area (Å²) in [5.41, 5.74) is 0.363. The largest absolute Gasteiger partial charge is 0.416 e. The summed E-state index contributed by atoms with van der Waals surface area (Å²) in [4.78, 5) is 12.0. The molecule has 0 fully saturated rings. The van der Waals surface area contributed by atoms with Crippen LogP contribution in [-0.4, -0.2) is 23.3 Å². The molecule has 4 nitrogen and oxygen atoms in total. The molecule has 0 aliphatic heterocycles.